The van der Waals surface area contributed by atoms with E-state index in [2.05, 4.69) is 34.1 Å². The van der Waals surface area contributed by atoms with Crippen molar-refractivity contribution in [3.05, 3.63) is 88.4 Å². The quantitative estimate of drug-likeness (QED) is 0.456. The topological polar surface area (TPSA) is 17.1 Å². The second-order valence-corrected chi connectivity index (χ2v) is 5.60. The highest BCUT2D eigenvalue weighted by molar-refractivity contribution is 9.10. The molecule has 3 aromatic rings. The van der Waals surface area contributed by atoms with E-state index in [1.807, 2.05) is 54.6 Å². The molecule has 0 fully saturated rings. The van der Waals surface area contributed by atoms with E-state index in [9.17, 15) is 4.79 Å². The molecule has 0 bridgehead atoms. The summed E-state index contributed by atoms with van der Waals surface area (Å²) in [5, 5.41) is 2.32. The van der Waals surface area contributed by atoms with Gasteiger partial charge < -0.3 is 0 Å². The molecular weight excluding hydrogens is 324 g/mol. The van der Waals surface area contributed by atoms with E-state index in [-0.39, 0.29) is 5.78 Å². The van der Waals surface area contributed by atoms with Gasteiger partial charge in [0, 0.05) is 10.0 Å². The fourth-order valence-electron chi connectivity index (χ4n) is 2.31. The van der Waals surface area contributed by atoms with Gasteiger partial charge in [-0.05, 0) is 34.5 Å². The number of carbonyl (C=O) groups excluding carboxylic acids is 1. The Morgan fingerprint density at radius 2 is 1.57 bits per heavy atom. The Bertz CT molecular complexity index is 828. The van der Waals surface area contributed by atoms with Crippen molar-refractivity contribution >= 4 is 38.6 Å². The average Bonchev–Trinajstić information content (AvgIpc) is 2.53. The lowest BCUT2D eigenvalue weighted by molar-refractivity contribution is 0.104. The van der Waals surface area contributed by atoms with Gasteiger partial charge in [0.2, 0.25) is 0 Å². The maximum atomic E-state index is 12.3. The number of hydrogen-bond donors (Lipinski definition) is 0. The monoisotopic (exact) mass is 336 g/mol. The number of hydrogen-bond acceptors (Lipinski definition) is 1. The van der Waals surface area contributed by atoms with Crippen LogP contribution in [0.4, 0.5) is 0 Å². The van der Waals surface area contributed by atoms with E-state index in [1.165, 1.54) is 5.39 Å². The summed E-state index contributed by atoms with van der Waals surface area (Å²) in [5.41, 5.74) is 1.72. The number of benzene rings is 3. The second kappa shape index (κ2) is 6.06. The van der Waals surface area contributed by atoms with Gasteiger partial charge in [0.15, 0.2) is 5.78 Å². The summed E-state index contributed by atoms with van der Waals surface area (Å²) in [4.78, 5) is 12.3. The molecule has 3 aromatic carbocycles. The van der Waals surface area contributed by atoms with Crippen molar-refractivity contribution < 1.29 is 4.79 Å². The maximum Gasteiger partial charge on any atom is 0.186 e. The van der Waals surface area contributed by atoms with Gasteiger partial charge in [-0.1, -0.05) is 76.6 Å². The highest BCUT2D eigenvalue weighted by Gasteiger charge is 2.05. The van der Waals surface area contributed by atoms with Crippen LogP contribution in [0.3, 0.4) is 0 Å². The first-order valence-electron chi connectivity index (χ1n) is 6.70. The predicted octanol–water partition coefficient (Wildman–Crippen LogP) is 5.50. The molecule has 3 rings (SSSR count). The maximum absolute atomic E-state index is 12.3. The molecule has 0 heterocycles. The van der Waals surface area contributed by atoms with Crippen LogP contribution >= 0.6 is 15.9 Å². The molecule has 0 atom stereocenters. The number of rotatable bonds is 3. The van der Waals surface area contributed by atoms with Crippen LogP contribution in [0, 0.1) is 0 Å². The Balaban J connectivity index is 1.95. The molecule has 0 aliphatic rings. The Hall–Kier alpha value is -2.19. The second-order valence-electron chi connectivity index (χ2n) is 4.75. The smallest absolute Gasteiger partial charge is 0.186 e. The lowest BCUT2D eigenvalue weighted by Gasteiger charge is -2.02. The summed E-state index contributed by atoms with van der Waals surface area (Å²) in [7, 11) is 0. The number of carbonyl (C=O) groups is 1. The third kappa shape index (κ3) is 2.96. The fourth-order valence-corrected chi connectivity index (χ4v) is 2.79. The van der Waals surface area contributed by atoms with Crippen LogP contribution in [0.15, 0.2) is 77.3 Å². The van der Waals surface area contributed by atoms with Crippen molar-refractivity contribution in [3.8, 4) is 0 Å². The van der Waals surface area contributed by atoms with Gasteiger partial charge in [0.05, 0.1) is 0 Å². The molecule has 0 spiro atoms. The normalized spacial score (nSPS) is 11.1. The first kappa shape index (κ1) is 13.8. The summed E-state index contributed by atoms with van der Waals surface area (Å²) >= 11 is 3.41. The number of ketones is 1. The molecule has 0 aliphatic carbocycles. The number of allylic oxidation sites excluding steroid dienone is 1. The van der Waals surface area contributed by atoms with E-state index < -0.39 is 0 Å². The van der Waals surface area contributed by atoms with E-state index >= 15 is 0 Å². The molecule has 1 nitrogen and oxygen atoms in total. The molecule has 0 saturated heterocycles. The molecule has 0 amide bonds. The Labute approximate surface area is 132 Å². The largest absolute Gasteiger partial charge is 0.289 e. The molecule has 102 valence electrons. The summed E-state index contributed by atoms with van der Waals surface area (Å²) in [6.45, 7) is 0. The van der Waals surface area contributed by atoms with Crippen LogP contribution in [-0.4, -0.2) is 5.78 Å². The van der Waals surface area contributed by atoms with Gasteiger partial charge in [-0.2, -0.15) is 0 Å². The van der Waals surface area contributed by atoms with E-state index in [0.29, 0.717) is 5.56 Å². The van der Waals surface area contributed by atoms with Crippen molar-refractivity contribution in [2.24, 2.45) is 0 Å². The molecular formula is C19H13BrO. The zero-order chi connectivity index (χ0) is 14.7. The zero-order valence-corrected chi connectivity index (χ0v) is 12.9. The van der Waals surface area contributed by atoms with Crippen LogP contribution in [0.25, 0.3) is 16.8 Å². The Kier molecular flexibility index (Phi) is 3.98. The van der Waals surface area contributed by atoms with Gasteiger partial charge in [-0.3, -0.25) is 4.79 Å². The highest BCUT2D eigenvalue weighted by atomic mass is 79.9. The van der Waals surface area contributed by atoms with Crippen molar-refractivity contribution in [2.45, 2.75) is 0 Å². The van der Waals surface area contributed by atoms with Gasteiger partial charge in [0.25, 0.3) is 0 Å². The lowest BCUT2D eigenvalue weighted by Crippen LogP contribution is -1.95. The van der Waals surface area contributed by atoms with Crippen molar-refractivity contribution in [3.63, 3.8) is 0 Å². The van der Waals surface area contributed by atoms with Crippen LogP contribution < -0.4 is 0 Å². The predicted molar refractivity (Wildman–Crippen MR) is 91.5 cm³/mol. The highest BCUT2D eigenvalue weighted by Crippen LogP contribution is 2.21. The van der Waals surface area contributed by atoms with Gasteiger partial charge in [-0.25, -0.2) is 0 Å². The van der Waals surface area contributed by atoms with Gasteiger partial charge in [0.1, 0.15) is 0 Å². The molecule has 0 unspecified atom stereocenters. The molecule has 0 aliphatic heterocycles. The third-order valence-corrected chi connectivity index (χ3v) is 4.07. The third-order valence-electron chi connectivity index (χ3n) is 3.38. The minimum atomic E-state index is -0.00425. The van der Waals surface area contributed by atoms with Crippen LogP contribution in [0.5, 0.6) is 0 Å². The standard InChI is InChI=1S/C19H13BrO/c20-18-11-4-3-10-17(18)19(21)13-12-15-8-5-7-14-6-1-2-9-16(14)15/h1-13H/b13-12+. The summed E-state index contributed by atoms with van der Waals surface area (Å²) in [6.07, 6.45) is 3.51. The zero-order valence-electron chi connectivity index (χ0n) is 11.3. The van der Waals surface area contributed by atoms with Crippen molar-refractivity contribution in [1.29, 1.82) is 0 Å². The van der Waals surface area contributed by atoms with Crippen LogP contribution in [-0.2, 0) is 0 Å². The molecule has 0 radical (unpaired) electrons. The summed E-state index contributed by atoms with van der Waals surface area (Å²) < 4.78 is 0.817. The molecule has 0 saturated carbocycles. The summed E-state index contributed by atoms with van der Waals surface area (Å²) in [6, 6.07) is 21.7. The van der Waals surface area contributed by atoms with Gasteiger partial charge in [-0.15, -0.1) is 0 Å². The first-order chi connectivity index (χ1) is 10.3. The first-order valence-corrected chi connectivity index (χ1v) is 7.50. The van der Waals surface area contributed by atoms with E-state index in [4.69, 9.17) is 0 Å². The lowest BCUT2D eigenvalue weighted by atomic mass is 10.0. The SMILES string of the molecule is O=C(/C=C/c1cccc2ccccc12)c1ccccc1Br. The minimum absolute atomic E-state index is 0.00425. The van der Waals surface area contributed by atoms with Crippen LogP contribution in [0.1, 0.15) is 15.9 Å². The summed E-state index contributed by atoms with van der Waals surface area (Å²) in [5.74, 6) is -0.00425. The van der Waals surface area contributed by atoms with E-state index in [1.54, 1.807) is 6.08 Å². The molecule has 0 N–H and O–H groups in total. The Morgan fingerprint density at radius 1 is 0.857 bits per heavy atom. The minimum Gasteiger partial charge on any atom is -0.289 e. The van der Waals surface area contributed by atoms with E-state index in [0.717, 1.165) is 15.4 Å². The number of halogens is 1. The van der Waals surface area contributed by atoms with Crippen molar-refractivity contribution in [1.82, 2.24) is 0 Å². The molecule has 0 aromatic heterocycles. The van der Waals surface area contributed by atoms with Crippen LogP contribution in [0.2, 0.25) is 0 Å². The molecule has 2 heteroatoms. The van der Waals surface area contributed by atoms with Gasteiger partial charge >= 0.3 is 0 Å². The average molecular weight is 337 g/mol. The molecule has 21 heavy (non-hydrogen) atoms. The number of fused-ring (bicyclic) bond motifs is 1. The Morgan fingerprint density at radius 3 is 2.43 bits per heavy atom. The van der Waals surface area contributed by atoms with Crippen molar-refractivity contribution in [2.75, 3.05) is 0 Å². The fraction of sp³-hybridized carbons (Fsp3) is 0.